The predicted octanol–water partition coefficient (Wildman–Crippen LogP) is 7.19. The highest BCUT2D eigenvalue weighted by molar-refractivity contribution is 6.30. The van der Waals surface area contributed by atoms with Crippen LogP contribution in [0.3, 0.4) is 0 Å². The van der Waals surface area contributed by atoms with Gasteiger partial charge in [0.1, 0.15) is 23.9 Å². The summed E-state index contributed by atoms with van der Waals surface area (Å²) < 4.78 is 13.8. The van der Waals surface area contributed by atoms with Crippen LogP contribution in [0.15, 0.2) is 85.2 Å². The van der Waals surface area contributed by atoms with Crippen LogP contribution in [0.1, 0.15) is 32.2 Å². The molecule has 0 atom stereocenters. The third-order valence-corrected chi connectivity index (χ3v) is 5.22. The molecule has 0 N–H and O–H groups in total. The Morgan fingerprint density at radius 1 is 0.806 bits per heavy atom. The van der Waals surface area contributed by atoms with E-state index in [2.05, 4.69) is 37.9 Å². The molecule has 4 aromatic rings. The van der Waals surface area contributed by atoms with Crippen LogP contribution in [0.5, 0.6) is 17.2 Å². The van der Waals surface area contributed by atoms with E-state index in [9.17, 15) is 0 Å². The minimum Gasteiger partial charge on any atom is -0.486 e. The molecule has 0 saturated heterocycles. The average Bonchev–Trinajstić information content (AvgIpc) is 3.23. The zero-order valence-electron chi connectivity index (χ0n) is 17.9. The molecule has 0 bridgehead atoms. The lowest BCUT2D eigenvalue weighted by molar-refractivity contribution is 0.294. The Labute approximate surface area is 188 Å². The maximum atomic E-state index is 5.97. The van der Waals surface area contributed by atoms with Crippen molar-refractivity contribution in [1.29, 1.82) is 0 Å². The highest BCUT2D eigenvalue weighted by atomic mass is 35.5. The quantitative estimate of drug-likeness (QED) is 0.323. The van der Waals surface area contributed by atoms with Crippen LogP contribution in [0.4, 0.5) is 0 Å². The van der Waals surface area contributed by atoms with Gasteiger partial charge < -0.3 is 14.0 Å². The van der Waals surface area contributed by atoms with E-state index in [0.29, 0.717) is 11.6 Å². The van der Waals surface area contributed by atoms with E-state index < -0.39 is 0 Å². The third-order valence-electron chi connectivity index (χ3n) is 4.97. The summed E-state index contributed by atoms with van der Waals surface area (Å²) in [6.07, 6.45) is 3.70. The first kappa shape index (κ1) is 21.0. The lowest BCUT2D eigenvalue weighted by Gasteiger charge is -2.19. The van der Waals surface area contributed by atoms with Gasteiger partial charge in [-0.3, -0.25) is 0 Å². The molecule has 0 unspecified atom stereocenters. The third kappa shape index (κ3) is 5.28. The molecule has 0 radical (unpaired) electrons. The normalized spacial score (nSPS) is 11.4. The fourth-order valence-electron chi connectivity index (χ4n) is 3.19. The minimum atomic E-state index is 0.123. The summed E-state index contributed by atoms with van der Waals surface area (Å²) in [5.74, 6) is 3.15. The van der Waals surface area contributed by atoms with Gasteiger partial charge in [-0.25, -0.2) is 4.98 Å². The second-order valence-electron chi connectivity index (χ2n) is 8.33. The first-order chi connectivity index (χ1) is 14.9. The lowest BCUT2D eigenvalue weighted by atomic mass is 9.87. The van der Waals surface area contributed by atoms with Gasteiger partial charge in [0, 0.05) is 23.1 Å². The van der Waals surface area contributed by atoms with Crippen LogP contribution >= 0.6 is 11.6 Å². The highest BCUT2D eigenvalue weighted by Crippen LogP contribution is 2.26. The molecule has 0 spiro atoms. The summed E-state index contributed by atoms with van der Waals surface area (Å²) in [5.41, 5.74) is 2.39. The van der Waals surface area contributed by atoms with Crippen molar-refractivity contribution in [2.45, 2.75) is 32.8 Å². The van der Waals surface area contributed by atoms with Crippen molar-refractivity contribution in [3.05, 3.63) is 102 Å². The van der Waals surface area contributed by atoms with Crippen LogP contribution in [0.25, 0.3) is 5.69 Å². The van der Waals surface area contributed by atoms with Crippen LogP contribution in [0, 0.1) is 0 Å². The summed E-state index contributed by atoms with van der Waals surface area (Å²) in [5, 5.41) is 0.683. The molecule has 0 aliphatic heterocycles. The van der Waals surface area contributed by atoms with Gasteiger partial charge in [-0.2, -0.15) is 0 Å². The topological polar surface area (TPSA) is 36.3 Å². The first-order valence-corrected chi connectivity index (χ1v) is 10.6. The van der Waals surface area contributed by atoms with Gasteiger partial charge in [-0.15, -0.1) is 0 Å². The van der Waals surface area contributed by atoms with Crippen LogP contribution in [-0.4, -0.2) is 9.55 Å². The van der Waals surface area contributed by atoms with Gasteiger partial charge in [0.25, 0.3) is 0 Å². The van der Waals surface area contributed by atoms with E-state index in [1.807, 2.05) is 59.3 Å². The SMILES string of the molecule is CC(C)(C)c1ccc(OCc2nccn2-c2ccc(Oc3ccc(Cl)cc3)cc2)cc1. The van der Waals surface area contributed by atoms with Crippen molar-refractivity contribution in [1.82, 2.24) is 9.55 Å². The Balaban J connectivity index is 1.42. The minimum absolute atomic E-state index is 0.123. The van der Waals surface area contributed by atoms with Crippen molar-refractivity contribution >= 4 is 11.6 Å². The van der Waals surface area contributed by atoms with E-state index in [-0.39, 0.29) is 5.41 Å². The van der Waals surface area contributed by atoms with E-state index in [1.54, 1.807) is 18.3 Å². The number of hydrogen-bond donors (Lipinski definition) is 0. The molecular formula is C26H25ClN2O2. The Hall–Kier alpha value is -3.24. The predicted molar refractivity (Wildman–Crippen MR) is 125 cm³/mol. The zero-order valence-corrected chi connectivity index (χ0v) is 18.6. The summed E-state index contributed by atoms with van der Waals surface area (Å²) in [6, 6.07) is 23.4. The monoisotopic (exact) mass is 432 g/mol. The second-order valence-corrected chi connectivity index (χ2v) is 8.76. The number of hydrogen-bond acceptors (Lipinski definition) is 3. The standard InChI is InChI=1S/C26H25ClN2O2/c1-26(2,3)19-4-10-22(11-5-19)30-18-25-28-16-17-29(25)21-8-14-24(15-9-21)31-23-12-6-20(27)7-13-23/h4-17H,18H2,1-3H3. The maximum Gasteiger partial charge on any atom is 0.151 e. The Morgan fingerprint density at radius 3 is 2.00 bits per heavy atom. The molecule has 5 heteroatoms. The molecule has 158 valence electrons. The summed E-state index contributed by atoms with van der Waals surface area (Å²) in [6.45, 7) is 6.98. The molecule has 1 aromatic heterocycles. The van der Waals surface area contributed by atoms with E-state index in [4.69, 9.17) is 21.1 Å². The number of imidazole rings is 1. The first-order valence-electron chi connectivity index (χ1n) is 10.2. The summed E-state index contributed by atoms with van der Waals surface area (Å²) in [7, 11) is 0. The van der Waals surface area contributed by atoms with Gasteiger partial charge in [-0.05, 0) is 71.6 Å². The fraction of sp³-hybridized carbons (Fsp3) is 0.192. The van der Waals surface area contributed by atoms with Crippen LogP contribution in [0.2, 0.25) is 5.02 Å². The largest absolute Gasteiger partial charge is 0.486 e. The van der Waals surface area contributed by atoms with Crippen molar-refractivity contribution in [3.8, 4) is 22.9 Å². The van der Waals surface area contributed by atoms with Gasteiger partial charge in [-0.1, -0.05) is 44.5 Å². The summed E-state index contributed by atoms with van der Waals surface area (Å²) >= 11 is 5.92. The second kappa shape index (κ2) is 8.86. The van der Waals surface area contributed by atoms with Crippen molar-refractivity contribution in [2.75, 3.05) is 0 Å². The van der Waals surface area contributed by atoms with Gasteiger partial charge >= 0.3 is 0 Å². The molecule has 4 rings (SSSR count). The Kier molecular flexibility index (Phi) is 6.01. The molecule has 3 aromatic carbocycles. The van der Waals surface area contributed by atoms with Gasteiger partial charge in [0.2, 0.25) is 0 Å². The average molecular weight is 433 g/mol. The zero-order chi connectivity index (χ0) is 21.8. The van der Waals surface area contributed by atoms with E-state index in [1.165, 1.54) is 5.56 Å². The molecule has 0 aliphatic rings. The molecular weight excluding hydrogens is 408 g/mol. The number of halogens is 1. The number of nitrogens with zero attached hydrogens (tertiary/aromatic N) is 2. The molecule has 1 heterocycles. The molecule has 31 heavy (non-hydrogen) atoms. The van der Waals surface area contributed by atoms with Gasteiger partial charge in [0.05, 0.1) is 0 Å². The van der Waals surface area contributed by atoms with E-state index in [0.717, 1.165) is 28.8 Å². The molecule has 0 saturated carbocycles. The van der Waals surface area contributed by atoms with Crippen LogP contribution < -0.4 is 9.47 Å². The lowest BCUT2D eigenvalue weighted by Crippen LogP contribution is -2.10. The smallest absolute Gasteiger partial charge is 0.151 e. The summed E-state index contributed by atoms with van der Waals surface area (Å²) in [4.78, 5) is 4.46. The van der Waals surface area contributed by atoms with Crippen molar-refractivity contribution in [3.63, 3.8) is 0 Å². The molecule has 4 nitrogen and oxygen atoms in total. The highest BCUT2D eigenvalue weighted by Gasteiger charge is 2.13. The Morgan fingerprint density at radius 2 is 1.39 bits per heavy atom. The van der Waals surface area contributed by atoms with Crippen molar-refractivity contribution in [2.24, 2.45) is 0 Å². The molecule has 0 aliphatic carbocycles. The van der Waals surface area contributed by atoms with E-state index >= 15 is 0 Å². The number of benzene rings is 3. The van der Waals surface area contributed by atoms with Gasteiger partial charge in [0.15, 0.2) is 5.82 Å². The fourth-order valence-corrected chi connectivity index (χ4v) is 3.31. The maximum absolute atomic E-state index is 5.97. The molecule has 0 amide bonds. The number of rotatable bonds is 6. The number of aromatic nitrogens is 2. The van der Waals surface area contributed by atoms with Crippen LogP contribution in [-0.2, 0) is 12.0 Å². The Bertz CT molecular complexity index is 1130. The molecule has 0 fully saturated rings. The van der Waals surface area contributed by atoms with Crippen molar-refractivity contribution < 1.29 is 9.47 Å². The number of ether oxygens (including phenoxy) is 2.